The van der Waals surface area contributed by atoms with Gasteiger partial charge in [-0.05, 0) is 44.2 Å². The Kier molecular flexibility index (Phi) is 6.76. The first-order valence-electron chi connectivity index (χ1n) is 7.11. The number of rotatable bonds is 5. The molecule has 0 radical (unpaired) electrons. The van der Waals surface area contributed by atoms with Crippen molar-refractivity contribution < 1.29 is 9.53 Å². The number of amides is 1. The van der Waals surface area contributed by atoms with E-state index in [0.29, 0.717) is 6.54 Å². The maximum atomic E-state index is 11.7. The molecule has 4 heteroatoms. The van der Waals surface area contributed by atoms with Crippen molar-refractivity contribution in [3.8, 4) is 0 Å². The number of halogens is 1. The lowest BCUT2D eigenvalue weighted by atomic mass is 9.94. The molecule has 1 N–H and O–H groups in total. The SMILES string of the molecule is CC(Cc1ccccc1)/C(=C\Cl)CNC(=O)OC(C)(C)C. The van der Waals surface area contributed by atoms with Gasteiger partial charge in [0, 0.05) is 12.1 Å². The monoisotopic (exact) mass is 309 g/mol. The van der Waals surface area contributed by atoms with Crippen LogP contribution in [0.3, 0.4) is 0 Å². The van der Waals surface area contributed by atoms with E-state index >= 15 is 0 Å². The van der Waals surface area contributed by atoms with Crippen LogP contribution in [-0.4, -0.2) is 18.2 Å². The number of carbonyl (C=O) groups excluding carboxylic acids is 1. The largest absolute Gasteiger partial charge is 0.444 e. The summed E-state index contributed by atoms with van der Waals surface area (Å²) < 4.78 is 5.21. The normalized spacial score (nSPS) is 13.7. The van der Waals surface area contributed by atoms with Crippen LogP contribution in [0.25, 0.3) is 0 Å². The molecular formula is C17H24ClNO2. The minimum Gasteiger partial charge on any atom is -0.444 e. The van der Waals surface area contributed by atoms with Gasteiger partial charge >= 0.3 is 6.09 Å². The molecule has 1 rings (SSSR count). The van der Waals surface area contributed by atoms with Crippen LogP contribution in [0.4, 0.5) is 4.79 Å². The molecule has 0 heterocycles. The maximum absolute atomic E-state index is 11.7. The average molecular weight is 310 g/mol. The standard InChI is InChI=1S/C17H24ClNO2/c1-13(10-14-8-6-5-7-9-14)15(11-18)12-19-16(20)21-17(2,3)4/h5-9,11,13H,10,12H2,1-4H3,(H,19,20)/b15-11-. The minimum atomic E-state index is -0.495. The van der Waals surface area contributed by atoms with E-state index in [2.05, 4.69) is 24.4 Å². The van der Waals surface area contributed by atoms with Crippen molar-refractivity contribution in [2.24, 2.45) is 5.92 Å². The Morgan fingerprint density at radius 1 is 1.33 bits per heavy atom. The molecule has 116 valence electrons. The van der Waals surface area contributed by atoms with E-state index in [-0.39, 0.29) is 5.92 Å². The van der Waals surface area contributed by atoms with E-state index in [1.807, 2.05) is 39.0 Å². The van der Waals surface area contributed by atoms with E-state index in [0.717, 1.165) is 12.0 Å². The fraction of sp³-hybridized carbons (Fsp3) is 0.471. The second-order valence-electron chi connectivity index (χ2n) is 6.13. The van der Waals surface area contributed by atoms with Crippen LogP contribution in [0.2, 0.25) is 0 Å². The maximum Gasteiger partial charge on any atom is 0.407 e. The fourth-order valence-electron chi connectivity index (χ4n) is 1.91. The van der Waals surface area contributed by atoms with Gasteiger partial charge in [-0.1, -0.05) is 48.9 Å². The van der Waals surface area contributed by atoms with Gasteiger partial charge in [0.05, 0.1) is 0 Å². The van der Waals surface area contributed by atoms with Gasteiger partial charge in [-0.15, -0.1) is 0 Å². The van der Waals surface area contributed by atoms with Gasteiger partial charge in [-0.25, -0.2) is 4.79 Å². The highest BCUT2D eigenvalue weighted by Crippen LogP contribution is 2.17. The number of alkyl carbamates (subject to hydrolysis) is 1. The summed E-state index contributed by atoms with van der Waals surface area (Å²) in [5, 5.41) is 2.74. The number of hydrogen-bond donors (Lipinski definition) is 1. The highest BCUT2D eigenvalue weighted by molar-refractivity contribution is 6.25. The summed E-state index contributed by atoms with van der Waals surface area (Å²) in [5.41, 5.74) is 3.28. The second kappa shape index (κ2) is 8.08. The van der Waals surface area contributed by atoms with Gasteiger partial charge in [0.1, 0.15) is 5.60 Å². The molecule has 3 nitrogen and oxygen atoms in total. The van der Waals surface area contributed by atoms with Gasteiger partial charge in [-0.3, -0.25) is 0 Å². The van der Waals surface area contributed by atoms with Gasteiger partial charge < -0.3 is 10.1 Å². The molecule has 0 bridgehead atoms. The predicted molar refractivity (Wildman–Crippen MR) is 87.5 cm³/mol. The van der Waals surface area contributed by atoms with Crippen molar-refractivity contribution in [2.75, 3.05) is 6.54 Å². The number of ether oxygens (including phenoxy) is 1. The Morgan fingerprint density at radius 3 is 2.48 bits per heavy atom. The predicted octanol–water partition coefficient (Wildman–Crippen LogP) is 4.51. The molecule has 0 aliphatic heterocycles. The molecule has 1 atom stereocenters. The first-order valence-corrected chi connectivity index (χ1v) is 7.55. The lowest BCUT2D eigenvalue weighted by molar-refractivity contribution is 0.0531. The zero-order valence-electron chi connectivity index (χ0n) is 13.2. The second-order valence-corrected chi connectivity index (χ2v) is 6.35. The fourth-order valence-corrected chi connectivity index (χ4v) is 2.20. The van der Waals surface area contributed by atoms with Crippen LogP contribution in [0.5, 0.6) is 0 Å². The van der Waals surface area contributed by atoms with Crippen molar-refractivity contribution in [3.05, 3.63) is 47.0 Å². The number of hydrogen-bond acceptors (Lipinski definition) is 2. The summed E-state index contributed by atoms with van der Waals surface area (Å²) >= 11 is 5.89. The van der Waals surface area contributed by atoms with Crippen LogP contribution in [0.15, 0.2) is 41.4 Å². The molecule has 0 saturated carbocycles. The van der Waals surface area contributed by atoms with Crippen molar-refractivity contribution >= 4 is 17.7 Å². The molecule has 0 fully saturated rings. The van der Waals surface area contributed by atoms with Gasteiger partial charge in [-0.2, -0.15) is 0 Å². The summed E-state index contributed by atoms with van der Waals surface area (Å²) in [4.78, 5) is 11.7. The smallest absolute Gasteiger partial charge is 0.407 e. The van der Waals surface area contributed by atoms with Crippen molar-refractivity contribution in [3.63, 3.8) is 0 Å². The molecule has 21 heavy (non-hydrogen) atoms. The first-order chi connectivity index (χ1) is 9.81. The summed E-state index contributed by atoms with van der Waals surface area (Å²) in [6, 6.07) is 10.2. The molecule has 0 aliphatic rings. The average Bonchev–Trinajstić information content (AvgIpc) is 2.38. The lowest BCUT2D eigenvalue weighted by Crippen LogP contribution is -2.34. The van der Waals surface area contributed by atoms with Crippen LogP contribution in [0.1, 0.15) is 33.3 Å². The molecule has 0 spiro atoms. The van der Waals surface area contributed by atoms with E-state index in [4.69, 9.17) is 16.3 Å². The zero-order chi connectivity index (χ0) is 15.9. The molecule has 0 aliphatic carbocycles. The molecular weight excluding hydrogens is 286 g/mol. The Bertz CT molecular complexity index is 477. The molecule has 1 amide bonds. The van der Waals surface area contributed by atoms with Crippen LogP contribution < -0.4 is 5.32 Å². The van der Waals surface area contributed by atoms with Gasteiger partial charge in [0.15, 0.2) is 0 Å². The first kappa shape index (κ1) is 17.6. The molecule has 0 saturated heterocycles. The Labute approximate surface area is 132 Å². The number of benzene rings is 1. The Hall–Kier alpha value is -1.48. The zero-order valence-corrected chi connectivity index (χ0v) is 13.9. The van der Waals surface area contributed by atoms with E-state index < -0.39 is 11.7 Å². The minimum absolute atomic E-state index is 0.250. The van der Waals surface area contributed by atoms with Crippen molar-refractivity contribution in [1.29, 1.82) is 0 Å². The van der Waals surface area contributed by atoms with Crippen LogP contribution in [-0.2, 0) is 11.2 Å². The van der Waals surface area contributed by atoms with Crippen LogP contribution in [0, 0.1) is 5.92 Å². The van der Waals surface area contributed by atoms with Gasteiger partial charge in [0.25, 0.3) is 0 Å². The van der Waals surface area contributed by atoms with E-state index in [1.165, 1.54) is 5.56 Å². The molecule has 0 aromatic heterocycles. The Morgan fingerprint density at radius 2 is 1.95 bits per heavy atom. The molecule has 1 aromatic carbocycles. The quantitative estimate of drug-likeness (QED) is 0.869. The van der Waals surface area contributed by atoms with Gasteiger partial charge in [0.2, 0.25) is 0 Å². The topological polar surface area (TPSA) is 38.3 Å². The third kappa shape index (κ3) is 7.19. The number of nitrogens with one attached hydrogen (secondary N) is 1. The Balaban J connectivity index is 2.50. The van der Waals surface area contributed by atoms with E-state index in [9.17, 15) is 4.79 Å². The highest BCUT2D eigenvalue weighted by Gasteiger charge is 2.17. The summed E-state index contributed by atoms with van der Waals surface area (Å²) in [6.07, 6.45) is 0.459. The van der Waals surface area contributed by atoms with Crippen molar-refractivity contribution in [1.82, 2.24) is 5.32 Å². The van der Waals surface area contributed by atoms with Crippen LogP contribution >= 0.6 is 11.6 Å². The third-order valence-corrected chi connectivity index (χ3v) is 3.27. The summed E-state index contributed by atoms with van der Waals surface area (Å²) in [6.45, 7) is 8.00. The van der Waals surface area contributed by atoms with E-state index in [1.54, 1.807) is 5.54 Å². The highest BCUT2D eigenvalue weighted by atomic mass is 35.5. The lowest BCUT2D eigenvalue weighted by Gasteiger charge is -2.21. The molecule has 1 aromatic rings. The number of carbonyl (C=O) groups is 1. The summed E-state index contributed by atoms with van der Waals surface area (Å²) in [5.74, 6) is 0.250. The van der Waals surface area contributed by atoms with Crippen molar-refractivity contribution in [2.45, 2.75) is 39.7 Å². The molecule has 1 unspecified atom stereocenters. The third-order valence-electron chi connectivity index (χ3n) is 2.99. The summed E-state index contributed by atoms with van der Waals surface area (Å²) in [7, 11) is 0.